The summed E-state index contributed by atoms with van der Waals surface area (Å²) in [5.74, 6) is 0.272. The molecule has 0 heterocycles. The summed E-state index contributed by atoms with van der Waals surface area (Å²) in [6.45, 7) is 16.1. The van der Waals surface area contributed by atoms with Crippen LogP contribution in [0, 0.1) is 16.7 Å². The zero-order valence-electron chi connectivity index (χ0n) is 23.3. The molecule has 0 bridgehead atoms. The number of carbonyl (C=O) groups excluding carboxylic acids is 1. The fourth-order valence-electron chi connectivity index (χ4n) is 7.22. The second-order valence-corrected chi connectivity index (χ2v) is 17.2. The Morgan fingerprint density at radius 2 is 1.50 bits per heavy atom. The van der Waals surface area contributed by atoms with Gasteiger partial charge in [-0.3, -0.25) is 4.79 Å². The number of esters is 1. The molecule has 4 rings (SSSR count). The van der Waals surface area contributed by atoms with Gasteiger partial charge in [0.05, 0.1) is 6.61 Å². The second-order valence-electron chi connectivity index (χ2n) is 12.9. The van der Waals surface area contributed by atoms with E-state index in [1.165, 1.54) is 36.6 Å². The normalized spacial score (nSPS) is 26.0. The first-order valence-corrected chi connectivity index (χ1v) is 15.4. The SMILES string of the molecule is CC(=O)O[C@@H]1C[C@H]2C(C)(C)CCC[C@]2(C)C=C1CO[Si](c1ccccc1)(c1ccccc1)C(C)(C)C. The van der Waals surface area contributed by atoms with Crippen LogP contribution in [0.2, 0.25) is 5.04 Å². The predicted molar refractivity (Wildman–Crippen MR) is 151 cm³/mol. The number of benzene rings is 2. The smallest absolute Gasteiger partial charge is 0.303 e. The molecule has 0 aliphatic heterocycles. The Bertz CT molecular complexity index is 1040. The lowest BCUT2D eigenvalue weighted by Gasteiger charge is -2.54. The molecule has 194 valence electrons. The summed E-state index contributed by atoms with van der Waals surface area (Å²) in [7, 11) is -2.68. The lowest BCUT2D eigenvalue weighted by Crippen LogP contribution is -2.66. The van der Waals surface area contributed by atoms with Gasteiger partial charge in [0.1, 0.15) is 6.10 Å². The van der Waals surface area contributed by atoms with E-state index >= 15 is 0 Å². The Morgan fingerprint density at radius 1 is 0.944 bits per heavy atom. The van der Waals surface area contributed by atoms with Crippen molar-refractivity contribution < 1.29 is 14.0 Å². The van der Waals surface area contributed by atoms with E-state index < -0.39 is 8.32 Å². The molecule has 0 amide bonds. The van der Waals surface area contributed by atoms with E-state index in [1.807, 2.05) is 0 Å². The summed E-state index contributed by atoms with van der Waals surface area (Å²) in [6, 6.07) is 21.5. The van der Waals surface area contributed by atoms with E-state index in [9.17, 15) is 4.79 Å². The Balaban J connectivity index is 1.78. The molecule has 0 aromatic heterocycles. The highest BCUT2D eigenvalue weighted by Crippen LogP contribution is 2.57. The van der Waals surface area contributed by atoms with Gasteiger partial charge in [0, 0.05) is 6.92 Å². The minimum Gasteiger partial charge on any atom is -0.458 e. The van der Waals surface area contributed by atoms with Crippen LogP contribution in [0.1, 0.15) is 74.1 Å². The van der Waals surface area contributed by atoms with Crippen molar-refractivity contribution in [3.8, 4) is 0 Å². The molecule has 4 heteroatoms. The monoisotopic (exact) mass is 504 g/mol. The summed E-state index contributed by atoms with van der Waals surface area (Å²) in [5, 5.41) is 2.44. The molecular formula is C32H44O3Si. The summed E-state index contributed by atoms with van der Waals surface area (Å²) in [5.41, 5.74) is 1.46. The van der Waals surface area contributed by atoms with Crippen molar-refractivity contribution >= 4 is 24.7 Å². The van der Waals surface area contributed by atoms with Crippen molar-refractivity contribution in [2.45, 2.75) is 85.3 Å². The van der Waals surface area contributed by atoms with E-state index in [-0.39, 0.29) is 27.9 Å². The van der Waals surface area contributed by atoms with Crippen LogP contribution in [-0.4, -0.2) is 27.0 Å². The van der Waals surface area contributed by atoms with Crippen molar-refractivity contribution in [3.63, 3.8) is 0 Å². The van der Waals surface area contributed by atoms with Crippen LogP contribution in [0.3, 0.4) is 0 Å². The van der Waals surface area contributed by atoms with Crippen molar-refractivity contribution in [2.24, 2.45) is 16.7 Å². The van der Waals surface area contributed by atoms with Gasteiger partial charge in [-0.2, -0.15) is 0 Å². The highest BCUT2D eigenvalue weighted by Gasteiger charge is 2.52. The number of ether oxygens (including phenoxy) is 1. The van der Waals surface area contributed by atoms with Gasteiger partial charge in [-0.1, -0.05) is 115 Å². The van der Waals surface area contributed by atoms with Gasteiger partial charge in [-0.05, 0) is 57.0 Å². The Labute approximate surface area is 219 Å². The van der Waals surface area contributed by atoms with Gasteiger partial charge >= 0.3 is 5.97 Å². The fourth-order valence-corrected chi connectivity index (χ4v) is 11.8. The number of allylic oxidation sites excluding steroid dienone is 1. The van der Waals surface area contributed by atoms with Crippen LogP contribution < -0.4 is 10.4 Å². The van der Waals surface area contributed by atoms with Gasteiger partial charge in [-0.15, -0.1) is 0 Å². The van der Waals surface area contributed by atoms with E-state index in [2.05, 4.69) is 108 Å². The Kier molecular flexibility index (Phi) is 7.42. The van der Waals surface area contributed by atoms with E-state index in [4.69, 9.17) is 9.16 Å². The molecule has 1 fully saturated rings. The summed E-state index contributed by atoms with van der Waals surface area (Å²) < 4.78 is 13.3. The minimum atomic E-state index is -2.68. The van der Waals surface area contributed by atoms with E-state index in [0.717, 1.165) is 12.0 Å². The van der Waals surface area contributed by atoms with Crippen LogP contribution >= 0.6 is 0 Å². The lowest BCUT2D eigenvalue weighted by atomic mass is 9.52. The third-order valence-electron chi connectivity index (χ3n) is 8.83. The molecule has 2 aliphatic carbocycles. The third-order valence-corrected chi connectivity index (χ3v) is 13.8. The van der Waals surface area contributed by atoms with Gasteiger partial charge < -0.3 is 9.16 Å². The first-order chi connectivity index (χ1) is 16.9. The standard InChI is InChI=1S/C32H44O3Si/c1-24(33)35-28-21-29-31(5,6)19-14-20-32(29,7)22-25(28)23-34-36(30(2,3)4,26-15-10-8-11-16-26)27-17-12-9-13-18-27/h8-13,15-18,22,28-29H,14,19-21,23H2,1-7H3/t28-,29+,32-/m1/s1. The Hall–Kier alpha value is -2.17. The molecule has 36 heavy (non-hydrogen) atoms. The van der Waals surface area contributed by atoms with Gasteiger partial charge in [0.2, 0.25) is 0 Å². The zero-order valence-corrected chi connectivity index (χ0v) is 24.3. The number of carbonyl (C=O) groups is 1. The second kappa shape index (κ2) is 9.94. The summed E-state index contributed by atoms with van der Waals surface area (Å²) in [6.07, 6.45) is 6.72. The van der Waals surface area contributed by atoms with Crippen molar-refractivity contribution in [1.29, 1.82) is 0 Å². The molecular weight excluding hydrogens is 460 g/mol. The zero-order chi connectivity index (χ0) is 26.2. The maximum absolute atomic E-state index is 12.2. The van der Waals surface area contributed by atoms with Crippen molar-refractivity contribution in [3.05, 3.63) is 72.3 Å². The molecule has 3 atom stereocenters. The molecule has 2 aliphatic rings. The maximum atomic E-state index is 12.2. The number of rotatable bonds is 6. The molecule has 0 N–H and O–H groups in total. The topological polar surface area (TPSA) is 35.5 Å². The molecule has 1 saturated carbocycles. The first-order valence-electron chi connectivity index (χ1n) is 13.5. The molecule has 0 radical (unpaired) electrons. The van der Waals surface area contributed by atoms with Gasteiger partial charge in [-0.25, -0.2) is 0 Å². The minimum absolute atomic E-state index is 0.0961. The largest absolute Gasteiger partial charge is 0.458 e. The van der Waals surface area contributed by atoms with E-state index in [0.29, 0.717) is 12.5 Å². The van der Waals surface area contributed by atoms with Gasteiger partial charge in [0.25, 0.3) is 8.32 Å². The van der Waals surface area contributed by atoms with Crippen molar-refractivity contribution in [1.82, 2.24) is 0 Å². The van der Waals surface area contributed by atoms with Crippen LogP contribution in [0.15, 0.2) is 72.3 Å². The number of hydrogen-bond donors (Lipinski definition) is 0. The number of fused-ring (bicyclic) bond motifs is 1. The number of hydrogen-bond acceptors (Lipinski definition) is 3. The summed E-state index contributed by atoms with van der Waals surface area (Å²) in [4.78, 5) is 12.2. The molecule has 0 unspecified atom stereocenters. The predicted octanol–water partition coefficient (Wildman–Crippen LogP) is 6.66. The fraction of sp³-hybridized carbons (Fsp3) is 0.531. The quantitative estimate of drug-likeness (QED) is 0.251. The molecule has 0 saturated heterocycles. The average Bonchev–Trinajstić information content (AvgIpc) is 2.80. The third kappa shape index (κ3) is 4.99. The van der Waals surface area contributed by atoms with Crippen LogP contribution in [-0.2, 0) is 14.0 Å². The summed E-state index contributed by atoms with van der Waals surface area (Å²) >= 11 is 0. The van der Waals surface area contributed by atoms with Crippen LogP contribution in [0.4, 0.5) is 0 Å². The van der Waals surface area contributed by atoms with Crippen molar-refractivity contribution in [2.75, 3.05) is 6.61 Å². The Morgan fingerprint density at radius 3 is 2.00 bits per heavy atom. The maximum Gasteiger partial charge on any atom is 0.303 e. The van der Waals surface area contributed by atoms with Crippen LogP contribution in [0.5, 0.6) is 0 Å². The molecule has 0 spiro atoms. The first kappa shape index (κ1) is 26.9. The molecule has 3 nitrogen and oxygen atoms in total. The van der Waals surface area contributed by atoms with E-state index in [1.54, 1.807) is 0 Å². The molecule has 2 aromatic rings. The van der Waals surface area contributed by atoms with Crippen LogP contribution in [0.25, 0.3) is 0 Å². The lowest BCUT2D eigenvalue weighted by molar-refractivity contribution is -0.148. The average molecular weight is 505 g/mol. The molecule has 2 aromatic carbocycles. The van der Waals surface area contributed by atoms with Gasteiger partial charge in [0.15, 0.2) is 0 Å². The highest BCUT2D eigenvalue weighted by atomic mass is 28.4. The highest BCUT2D eigenvalue weighted by molar-refractivity contribution is 6.99.